The molecule has 0 bridgehead atoms. The number of nitrogens with zero attached hydrogens (tertiary/aromatic N) is 1. The first-order chi connectivity index (χ1) is 6.97. The van der Waals surface area contributed by atoms with Crippen molar-refractivity contribution in [3.05, 3.63) is 29.6 Å². The molecule has 5 heteroatoms. The maximum Gasteiger partial charge on any atom is 0.148 e. The predicted octanol–water partition coefficient (Wildman–Crippen LogP) is 0.524. The number of aryl methyl sites for hydroxylation is 1. The molecule has 0 unspecified atom stereocenters. The molecule has 4 nitrogen and oxygen atoms in total. The van der Waals surface area contributed by atoms with E-state index in [1.165, 1.54) is 6.26 Å². The Hall–Kier alpha value is -0.940. The molecule has 0 aliphatic heterocycles. The highest BCUT2D eigenvalue weighted by atomic mass is 32.2. The fourth-order valence-electron chi connectivity index (χ4n) is 1.17. The summed E-state index contributed by atoms with van der Waals surface area (Å²) in [6, 6.07) is 5.79. The van der Waals surface area contributed by atoms with Gasteiger partial charge in [0.25, 0.3) is 0 Å². The molecule has 15 heavy (non-hydrogen) atoms. The van der Waals surface area contributed by atoms with E-state index in [0.717, 1.165) is 11.4 Å². The monoisotopic (exact) mass is 228 g/mol. The van der Waals surface area contributed by atoms with Crippen molar-refractivity contribution in [2.45, 2.75) is 13.5 Å². The van der Waals surface area contributed by atoms with E-state index in [1.54, 1.807) is 0 Å². The van der Waals surface area contributed by atoms with Crippen molar-refractivity contribution in [2.24, 2.45) is 0 Å². The zero-order chi connectivity index (χ0) is 11.3. The van der Waals surface area contributed by atoms with Gasteiger partial charge in [0.1, 0.15) is 9.84 Å². The van der Waals surface area contributed by atoms with Gasteiger partial charge in [-0.05, 0) is 19.1 Å². The molecule has 0 atom stereocenters. The molecule has 0 aromatic carbocycles. The molecule has 1 rings (SSSR count). The Morgan fingerprint density at radius 3 is 2.73 bits per heavy atom. The largest absolute Gasteiger partial charge is 0.310 e. The van der Waals surface area contributed by atoms with Crippen molar-refractivity contribution in [1.82, 2.24) is 10.3 Å². The van der Waals surface area contributed by atoms with Crippen LogP contribution < -0.4 is 5.32 Å². The fourth-order valence-corrected chi connectivity index (χ4v) is 1.69. The molecular weight excluding hydrogens is 212 g/mol. The van der Waals surface area contributed by atoms with Gasteiger partial charge < -0.3 is 5.32 Å². The average molecular weight is 228 g/mol. The third-order valence-corrected chi connectivity index (χ3v) is 2.85. The van der Waals surface area contributed by atoms with Crippen LogP contribution in [-0.2, 0) is 16.4 Å². The van der Waals surface area contributed by atoms with Crippen LogP contribution in [0.1, 0.15) is 11.4 Å². The summed E-state index contributed by atoms with van der Waals surface area (Å²) in [5.74, 6) is 0.165. The molecule has 0 spiro atoms. The first-order valence-corrected chi connectivity index (χ1v) is 6.84. The zero-order valence-electron chi connectivity index (χ0n) is 9.03. The molecule has 1 N–H and O–H groups in total. The molecule has 1 aromatic rings. The van der Waals surface area contributed by atoms with Gasteiger partial charge in [0.05, 0.1) is 11.4 Å². The van der Waals surface area contributed by atoms with Gasteiger partial charge in [-0.15, -0.1) is 0 Å². The summed E-state index contributed by atoms with van der Waals surface area (Å²) in [6.45, 7) is 3.01. The van der Waals surface area contributed by atoms with Crippen molar-refractivity contribution in [3.63, 3.8) is 0 Å². The molecule has 84 valence electrons. The third kappa shape index (κ3) is 5.49. The van der Waals surface area contributed by atoms with Crippen molar-refractivity contribution in [2.75, 3.05) is 18.6 Å². The number of rotatable bonds is 5. The van der Waals surface area contributed by atoms with Crippen LogP contribution in [0.2, 0.25) is 0 Å². The Balaban J connectivity index is 2.32. The summed E-state index contributed by atoms with van der Waals surface area (Å²) < 4.78 is 21.7. The van der Waals surface area contributed by atoms with Gasteiger partial charge in [-0.1, -0.05) is 6.07 Å². The Labute approximate surface area is 90.7 Å². The van der Waals surface area contributed by atoms with Crippen LogP contribution in [0.4, 0.5) is 0 Å². The van der Waals surface area contributed by atoms with Crippen molar-refractivity contribution in [1.29, 1.82) is 0 Å². The second-order valence-electron chi connectivity index (χ2n) is 3.58. The highest BCUT2D eigenvalue weighted by Gasteiger charge is 2.01. The standard InChI is InChI=1S/C10H16N2O2S/c1-9-4-3-5-10(12-9)8-11-6-7-15(2,13)14/h3-5,11H,6-8H2,1-2H3. The van der Waals surface area contributed by atoms with E-state index >= 15 is 0 Å². The number of hydrogen-bond acceptors (Lipinski definition) is 4. The summed E-state index contributed by atoms with van der Waals surface area (Å²) >= 11 is 0. The van der Waals surface area contributed by atoms with Crippen molar-refractivity contribution < 1.29 is 8.42 Å². The van der Waals surface area contributed by atoms with Crippen molar-refractivity contribution >= 4 is 9.84 Å². The Bertz CT molecular complexity index is 415. The van der Waals surface area contributed by atoms with Crippen LogP contribution in [0.25, 0.3) is 0 Å². The quantitative estimate of drug-likeness (QED) is 0.747. The predicted molar refractivity (Wildman–Crippen MR) is 60.4 cm³/mol. The van der Waals surface area contributed by atoms with Crippen molar-refractivity contribution in [3.8, 4) is 0 Å². The maximum atomic E-state index is 10.8. The highest BCUT2D eigenvalue weighted by molar-refractivity contribution is 7.90. The highest BCUT2D eigenvalue weighted by Crippen LogP contribution is 1.97. The van der Waals surface area contributed by atoms with Gasteiger partial charge >= 0.3 is 0 Å². The van der Waals surface area contributed by atoms with E-state index in [4.69, 9.17) is 0 Å². The molecule has 1 aromatic heterocycles. The molecule has 0 amide bonds. The number of pyridine rings is 1. The Kier molecular flexibility index (Phi) is 4.23. The second kappa shape index (κ2) is 5.23. The van der Waals surface area contributed by atoms with E-state index in [1.807, 2.05) is 25.1 Å². The summed E-state index contributed by atoms with van der Waals surface area (Å²) in [7, 11) is -2.87. The SMILES string of the molecule is Cc1cccc(CNCCS(C)(=O)=O)n1. The van der Waals surface area contributed by atoms with E-state index in [2.05, 4.69) is 10.3 Å². The van der Waals surface area contributed by atoms with Crippen LogP contribution >= 0.6 is 0 Å². The van der Waals surface area contributed by atoms with E-state index in [0.29, 0.717) is 13.1 Å². The van der Waals surface area contributed by atoms with Crippen LogP contribution in [0, 0.1) is 6.92 Å². The van der Waals surface area contributed by atoms with Gasteiger partial charge in [-0.2, -0.15) is 0 Å². The number of hydrogen-bond donors (Lipinski definition) is 1. The summed E-state index contributed by atoms with van der Waals surface area (Å²) in [5, 5.41) is 3.04. The van der Waals surface area contributed by atoms with Crippen LogP contribution in [0.5, 0.6) is 0 Å². The lowest BCUT2D eigenvalue weighted by Crippen LogP contribution is -2.22. The topological polar surface area (TPSA) is 59.1 Å². The molecule has 0 aliphatic rings. The van der Waals surface area contributed by atoms with Gasteiger partial charge in [0.2, 0.25) is 0 Å². The minimum Gasteiger partial charge on any atom is -0.310 e. The maximum absolute atomic E-state index is 10.8. The number of sulfone groups is 1. The minimum absolute atomic E-state index is 0.165. The van der Waals surface area contributed by atoms with Crippen LogP contribution in [0.15, 0.2) is 18.2 Å². The van der Waals surface area contributed by atoms with Crippen LogP contribution in [0.3, 0.4) is 0 Å². The van der Waals surface area contributed by atoms with Gasteiger partial charge in [0, 0.05) is 25.0 Å². The Morgan fingerprint density at radius 2 is 2.13 bits per heavy atom. The molecule has 0 saturated carbocycles. The second-order valence-corrected chi connectivity index (χ2v) is 5.84. The van der Waals surface area contributed by atoms with Gasteiger partial charge in [-0.25, -0.2) is 8.42 Å². The van der Waals surface area contributed by atoms with E-state index in [-0.39, 0.29) is 5.75 Å². The first-order valence-electron chi connectivity index (χ1n) is 4.78. The lowest BCUT2D eigenvalue weighted by molar-refractivity contribution is 0.595. The average Bonchev–Trinajstić information content (AvgIpc) is 2.11. The first kappa shape index (κ1) is 12.1. The molecule has 0 radical (unpaired) electrons. The third-order valence-electron chi connectivity index (χ3n) is 1.90. The molecule has 0 aliphatic carbocycles. The molecule has 0 saturated heterocycles. The van der Waals surface area contributed by atoms with Crippen LogP contribution in [-0.4, -0.2) is 32.0 Å². The fraction of sp³-hybridized carbons (Fsp3) is 0.500. The van der Waals surface area contributed by atoms with Gasteiger partial charge in [-0.3, -0.25) is 4.98 Å². The summed E-state index contributed by atoms with van der Waals surface area (Å²) in [4.78, 5) is 4.30. The Morgan fingerprint density at radius 1 is 1.40 bits per heavy atom. The minimum atomic E-state index is -2.87. The number of aromatic nitrogens is 1. The van der Waals surface area contributed by atoms with E-state index in [9.17, 15) is 8.42 Å². The summed E-state index contributed by atoms with van der Waals surface area (Å²) in [6.07, 6.45) is 1.24. The lowest BCUT2D eigenvalue weighted by atomic mass is 10.3. The molecule has 0 fully saturated rings. The molecular formula is C10H16N2O2S. The van der Waals surface area contributed by atoms with Gasteiger partial charge in [0.15, 0.2) is 0 Å². The zero-order valence-corrected chi connectivity index (χ0v) is 9.84. The lowest BCUT2D eigenvalue weighted by Gasteiger charge is -2.03. The smallest absolute Gasteiger partial charge is 0.148 e. The molecule has 1 heterocycles. The normalized spacial score (nSPS) is 11.6. The van der Waals surface area contributed by atoms with E-state index < -0.39 is 9.84 Å². The summed E-state index contributed by atoms with van der Waals surface area (Å²) in [5.41, 5.74) is 1.90. The number of nitrogens with one attached hydrogen (secondary N) is 1.